The Hall–Kier alpha value is -0.850. The van der Waals surface area contributed by atoms with Gasteiger partial charge in [-0.2, -0.15) is 0 Å². The van der Waals surface area contributed by atoms with Gasteiger partial charge in [0.05, 0.1) is 6.61 Å². The molecule has 0 spiro atoms. The van der Waals surface area contributed by atoms with E-state index in [1.165, 1.54) is 19.4 Å². The van der Waals surface area contributed by atoms with Crippen LogP contribution in [0.4, 0.5) is 4.79 Å². The second-order valence-corrected chi connectivity index (χ2v) is 7.87. The first-order valence-corrected chi connectivity index (χ1v) is 9.11. The minimum Gasteiger partial charge on any atom is -0.444 e. The zero-order valence-electron chi connectivity index (χ0n) is 16.4. The molecule has 2 unspecified atom stereocenters. The van der Waals surface area contributed by atoms with E-state index in [-0.39, 0.29) is 6.09 Å². The van der Waals surface area contributed by atoms with Gasteiger partial charge in [0.2, 0.25) is 0 Å². The average Bonchev–Trinajstić information content (AvgIpc) is 2.48. The molecule has 6 nitrogen and oxygen atoms in total. The summed E-state index contributed by atoms with van der Waals surface area (Å²) in [6.45, 7) is 12.7. The molecule has 1 aliphatic heterocycles. The van der Waals surface area contributed by atoms with Crippen LogP contribution in [-0.4, -0.2) is 81.0 Å². The van der Waals surface area contributed by atoms with Gasteiger partial charge in [-0.1, -0.05) is 0 Å². The van der Waals surface area contributed by atoms with Gasteiger partial charge in [-0.05, 0) is 60.0 Å². The maximum absolute atomic E-state index is 12.3. The van der Waals surface area contributed by atoms with Crippen molar-refractivity contribution in [1.29, 1.82) is 0 Å². The monoisotopic (exact) mass is 343 g/mol. The highest BCUT2D eigenvalue weighted by molar-refractivity contribution is 5.68. The lowest BCUT2D eigenvalue weighted by atomic mass is 9.92. The molecule has 0 saturated carbocycles. The van der Waals surface area contributed by atoms with Crippen molar-refractivity contribution in [2.45, 2.75) is 52.2 Å². The molecule has 1 rings (SSSR count). The molecule has 0 aliphatic carbocycles. The third-order valence-corrected chi connectivity index (χ3v) is 4.43. The van der Waals surface area contributed by atoms with Gasteiger partial charge in [-0.25, -0.2) is 4.79 Å². The average molecular weight is 344 g/mol. The summed E-state index contributed by atoms with van der Waals surface area (Å²) in [6.07, 6.45) is 2.27. The summed E-state index contributed by atoms with van der Waals surface area (Å²) in [4.78, 5) is 16.4. The Labute approximate surface area is 147 Å². The predicted molar refractivity (Wildman–Crippen MR) is 97.4 cm³/mol. The Morgan fingerprint density at radius 1 is 1.38 bits per heavy atom. The summed E-state index contributed by atoms with van der Waals surface area (Å²) in [6, 6.07) is 0.454. The molecule has 142 valence electrons. The number of hydrogen-bond acceptors (Lipinski definition) is 5. The van der Waals surface area contributed by atoms with E-state index in [9.17, 15) is 4.79 Å². The van der Waals surface area contributed by atoms with E-state index in [1.807, 2.05) is 20.8 Å². The number of hydrogen-bond donors (Lipinski definition) is 1. The highest BCUT2D eigenvalue weighted by Gasteiger charge is 2.24. The lowest BCUT2D eigenvalue weighted by molar-refractivity contribution is 0.0201. The fourth-order valence-electron chi connectivity index (χ4n) is 3.03. The van der Waals surface area contributed by atoms with Crippen LogP contribution in [0.3, 0.4) is 0 Å². The molecule has 24 heavy (non-hydrogen) atoms. The summed E-state index contributed by atoms with van der Waals surface area (Å²) >= 11 is 0. The first-order valence-electron chi connectivity index (χ1n) is 9.11. The van der Waals surface area contributed by atoms with Crippen LogP contribution < -0.4 is 5.32 Å². The number of nitrogens with zero attached hydrogens (tertiary/aromatic N) is 2. The topological polar surface area (TPSA) is 54.0 Å². The summed E-state index contributed by atoms with van der Waals surface area (Å²) in [5.74, 6) is 0.678. The summed E-state index contributed by atoms with van der Waals surface area (Å²) in [7, 11) is 3.83. The zero-order valence-corrected chi connectivity index (χ0v) is 16.4. The van der Waals surface area contributed by atoms with Crippen LogP contribution in [0.1, 0.15) is 40.5 Å². The summed E-state index contributed by atoms with van der Waals surface area (Å²) in [5.41, 5.74) is -0.476. The van der Waals surface area contributed by atoms with E-state index in [2.05, 4.69) is 24.2 Å². The van der Waals surface area contributed by atoms with Crippen molar-refractivity contribution >= 4 is 6.09 Å². The molecular weight excluding hydrogens is 306 g/mol. The Balaban J connectivity index is 2.41. The Morgan fingerprint density at radius 2 is 2.08 bits per heavy atom. The minimum atomic E-state index is -0.476. The van der Waals surface area contributed by atoms with Crippen LogP contribution in [0.25, 0.3) is 0 Å². The molecule has 1 fully saturated rings. The molecule has 0 aromatic rings. The maximum atomic E-state index is 12.3. The summed E-state index contributed by atoms with van der Waals surface area (Å²) in [5, 5.41) is 3.58. The van der Waals surface area contributed by atoms with E-state index < -0.39 is 5.60 Å². The maximum Gasteiger partial charge on any atom is 0.410 e. The first kappa shape index (κ1) is 21.2. The van der Waals surface area contributed by atoms with Crippen LogP contribution in [0.2, 0.25) is 0 Å². The quantitative estimate of drug-likeness (QED) is 0.732. The normalized spacial score (nSPS) is 20.7. The van der Waals surface area contributed by atoms with Crippen LogP contribution in [0.5, 0.6) is 0 Å². The second-order valence-electron chi connectivity index (χ2n) is 7.87. The number of likely N-dealkylation sites (tertiary alicyclic amines) is 1. The van der Waals surface area contributed by atoms with Crippen molar-refractivity contribution < 1.29 is 14.3 Å². The number of carbonyl (C=O) groups excluding carboxylic acids is 1. The first-order chi connectivity index (χ1) is 11.2. The van der Waals surface area contributed by atoms with Crippen molar-refractivity contribution in [3.8, 4) is 0 Å². The number of nitrogens with one attached hydrogen (secondary N) is 1. The molecule has 0 aromatic heterocycles. The highest BCUT2D eigenvalue weighted by atomic mass is 16.6. The SMILES string of the molecule is COCCN(CCNC(C)C1CCCN(C)C1)C(=O)OC(C)(C)C. The molecule has 1 N–H and O–H groups in total. The van der Waals surface area contributed by atoms with Crippen LogP contribution >= 0.6 is 0 Å². The van der Waals surface area contributed by atoms with Crippen molar-refractivity contribution in [3.05, 3.63) is 0 Å². The molecule has 0 radical (unpaired) electrons. The van der Waals surface area contributed by atoms with Gasteiger partial charge >= 0.3 is 6.09 Å². The second kappa shape index (κ2) is 10.2. The zero-order chi connectivity index (χ0) is 18.2. The number of piperidine rings is 1. The van der Waals surface area contributed by atoms with Gasteiger partial charge in [-0.15, -0.1) is 0 Å². The van der Waals surface area contributed by atoms with Gasteiger partial charge in [0.1, 0.15) is 5.60 Å². The van der Waals surface area contributed by atoms with Crippen molar-refractivity contribution in [2.24, 2.45) is 5.92 Å². The van der Waals surface area contributed by atoms with Gasteiger partial charge in [0, 0.05) is 39.3 Å². The molecule has 1 aliphatic rings. The van der Waals surface area contributed by atoms with E-state index in [0.717, 1.165) is 13.1 Å². The smallest absolute Gasteiger partial charge is 0.410 e. The molecule has 0 bridgehead atoms. The summed E-state index contributed by atoms with van der Waals surface area (Å²) < 4.78 is 10.6. The molecule has 2 atom stereocenters. The van der Waals surface area contributed by atoms with E-state index in [0.29, 0.717) is 31.7 Å². The lowest BCUT2D eigenvalue weighted by Gasteiger charge is -2.34. The van der Waals surface area contributed by atoms with Gasteiger partial charge in [-0.3, -0.25) is 0 Å². The van der Waals surface area contributed by atoms with Crippen LogP contribution in [0, 0.1) is 5.92 Å². The predicted octanol–water partition coefficient (Wildman–Crippen LogP) is 2.19. The minimum absolute atomic E-state index is 0.272. The standard InChI is InChI=1S/C18H37N3O3/c1-15(16-8-7-10-20(5)14-16)19-9-11-21(12-13-23-6)17(22)24-18(2,3)4/h15-16,19H,7-14H2,1-6H3. The van der Waals surface area contributed by atoms with Crippen LogP contribution in [0.15, 0.2) is 0 Å². The molecule has 1 heterocycles. The lowest BCUT2D eigenvalue weighted by Crippen LogP contribution is -2.47. The molecular formula is C18H37N3O3. The van der Waals surface area contributed by atoms with Crippen molar-refractivity contribution in [2.75, 3.05) is 53.5 Å². The number of rotatable bonds is 8. The van der Waals surface area contributed by atoms with Gasteiger partial charge in [0.25, 0.3) is 0 Å². The third-order valence-electron chi connectivity index (χ3n) is 4.43. The molecule has 6 heteroatoms. The number of carbonyl (C=O) groups is 1. The van der Waals surface area contributed by atoms with Gasteiger partial charge < -0.3 is 24.6 Å². The Kier molecular flexibility index (Phi) is 9.02. The largest absolute Gasteiger partial charge is 0.444 e. The van der Waals surface area contributed by atoms with Crippen molar-refractivity contribution in [1.82, 2.24) is 15.1 Å². The number of methoxy groups -OCH3 is 1. The Morgan fingerprint density at radius 3 is 2.67 bits per heavy atom. The highest BCUT2D eigenvalue weighted by Crippen LogP contribution is 2.18. The number of amides is 1. The fourth-order valence-corrected chi connectivity index (χ4v) is 3.03. The van der Waals surface area contributed by atoms with Gasteiger partial charge in [0.15, 0.2) is 0 Å². The van der Waals surface area contributed by atoms with E-state index in [1.54, 1.807) is 12.0 Å². The third kappa shape index (κ3) is 8.31. The Bertz CT molecular complexity index is 371. The van der Waals surface area contributed by atoms with Crippen molar-refractivity contribution in [3.63, 3.8) is 0 Å². The number of ether oxygens (including phenoxy) is 2. The van der Waals surface area contributed by atoms with E-state index >= 15 is 0 Å². The fraction of sp³-hybridized carbons (Fsp3) is 0.944. The molecule has 1 amide bonds. The molecule has 1 saturated heterocycles. The van der Waals surface area contributed by atoms with Crippen LogP contribution in [-0.2, 0) is 9.47 Å². The molecule has 0 aromatic carbocycles. The van der Waals surface area contributed by atoms with E-state index in [4.69, 9.17) is 9.47 Å².